The highest BCUT2D eigenvalue weighted by molar-refractivity contribution is 8.13. The molecule has 3 aromatic rings. The molecule has 0 unspecified atom stereocenters. The van der Waals surface area contributed by atoms with Gasteiger partial charge in [0.15, 0.2) is 0 Å². The second kappa shape index (κ2) is 8.03. The van der Waals surface area contributed by atoms with Crippen molar-refractivity contribution in [3.05, 3.63) is 52.5 Å². The molecule has 2 aromatic heterocycles. The van der Waals surface area contributed by atoms with Gasteiger partial charge < -0.3 is 10.2 Å². The number of hydrogen-bond acceptors (Lipinski definition) is 5. The largest absolute Gasteiger partial charge is 0.433 e. The summed E-state index contributed by atoms with van der Waals surface area (Å²) in [6.07, 6.45) is -4.54. The lowest BCUT2D eigenvalue weighted by Gasteiger charge is -2.09. The first-order valence-corrected chi connectivity index (χ1v) is 9.97. The summed E-state index contributed by atoms with van der Waals surface area (Å²) in [4.78, 5) is 30.6. The van der Waals surface area contributed by atoms with Gasteiger partial charge in [-0.3, -0.25) is 9.59 Å². The van der Waals surface area contributed by atoms with Gasteiger partial charge in [0.1, 0.15) is 10.5 Å². The Labute approximate surface area is 172 Å². The number of aromatic nitrogens is 1. The molecule has 1 N–H and O–H groups in total. The zero-order chi connectivity index (χ0) is 21.3. The van der Waals surface area contributed by atoms with Crippen LogP contribution in [0, 0.1) is 6.92 Å². The first kappa shape index (κ1) is 21.1. The number of anilines is 1. The average molecular weight is 439 g/mol. The number of alkyl halides is 3. The number of amides is 2. The second-order valence-corrected chi connectivity index (χ2v) is 8.37. The van der Waals surface area contributed by atoms with Crippen LogP contribution in [0.3, 0.4) is 0 Å². The Morgan fingerprint density at radius 3 is 2.34 bits per heavy atom. The lowest BCUT2D eigenvalue weighted by molar-refractivity contribution is -0.140. The molecule has 0 saturated carbocycles. The number of nitrogens with zero attached hydrogens (tertiary/aromatic N) is 2. The fourth-order valence-corrected chi connectivity index (χ4v) is 4.19. The minimum Gasteiger partial charge on any atom is -0.339 e. The molecule has 0 saturated heterocycles. The number of benzene rings is 1. The molecule has 2 heterocycles. The van der Waals surface area contributed by atoms with Crippen molar-refractivity contribution in [3.63, 3.8) is 0 Å². The van der Waals surface area contributed by atoms with Crippen molar-refractivity contribution in [2.75, 3.05) is 19.4 Å². The Bertz CT molecular complexity index is 1080. The Hall–Kier alpha value is -2.59. The van der Waals surface area contributed by atoms with Crippen molar-refractivity contribution >= 4 is 50.1 Å². The van der Waals surface area contributed by atoms with Gasteiger partial charge >= 0.3 is 6.18 Å². The fourth-order valence-electron chi connectivity index (χ4n) is 2.46. The van der Waals surface area contributed by atoms with E-state index in [0.717, 1.165) is 34.1 Å². The van der Waals surface area contributed by atoms with E-state index in [1.54, 1.807) is 45.3 Å². The van der Waals surface area contributed by atoms with Gasteiger partial charge in [0.05, 0.1) is 4.88 Å². The molecule has 1 aromatic carbocycles. The normalized spacial score (nSPS) is 11.5. The summed E-state index contributed by atoms with van der Waals surface area (Å²) < 4.78 is 38.6. The van der Waals surface area contributed by atoms with Gasteiger partial charge in [-0.25, -0.2) is 4.98 Å². The summed E-state index contributed by atoms with van der Waals surface area (Å²) >= 11 is 1.98. The van der Waals surface area contributed by atoms with E-state index >= 15 is 0 Å². The van der Waals surface area contributed by atoms with Crippen LogP contribution in [0.25, 0.3) is 10.2 Å². The maximum Gasteiger partial charge on any atom is 0.433 e. The first-order valence-electron chi connectivity index (χ1n) is 8.34. The van der Waals surface area contributed by atoms with Gasteiger partial charge in [0, 0.05) is 30.1 Å². The molecule has 0 spiro atoms. The standard InChI is InChI=1S/C19H16F3N3O2S2/c1-10-13-8-9-14(19(20,21)22)24-17(13)29-15(10)16(26)23-11-4-6-12(7-5-11)28-18(27)25(2)3/h4-9H,1-3H3,(H,23,26). The van der Waals surface area contributed by atoms with Crippen LogP contribution < -0.4 is 5.32 Å². The Morgan fingerprint density at radius 1 is 1.10 bits per heavy atom. The number of carbonyl (C=O) groups is 2. The molecular formula is C19H16F3N3O2S2. The smallest absolute Gasteiger partial charge is 0.339 e. The summed E-state index contributed by atoms with van der Waals surface area (Å²) in [7, 11) is 3.31. The van der Waals surface area contributed by atoms with Gasteiger partial charge in [0.25, 0.3) is 11.1 Å². The maximum absolute atomic E-state index is 12.9. The van der Waals surface area contributed by atoms with Crippen molar-refractivity contribution < 1.29 is 22.8 Å². The van der Waals surface area contributed by atoms with Crippen LogP contribution in [0.5, 0.6) is 0 Å². The van der Waals surface area contributed by atoms with E-state index in [9.17, 15) is 22.8 Å². The zero-order valence-electron chi connectivity index (χ0n) is 15.6. The number of aryl methyl sites for hydroxylation is 1. The molecule has 0 bridgehead atoms. The summed E-state index contributed by atoms with van der Waals surface area (Å²) in [5.41, 5.74) is 0.100. The minimum absolute atomic E-state index is 0.117. The molecule has 0 aliphatic rings. The number of fused-ring (bicyclic) bond motifs is 1. The molecule has 2 amide bonds. The van der Waals surface area contributed by atoms with Crippen molar-refractivity contribution in [3.8, 4) is 0 Å². The molecule has 0 aliphatic carbocycles. The third-order valence-electron chi connectivity index (χ3n) is 3.98. The maximum atomic E-state index is 12.9. The number of thioether (sulfide) groups is 1. The third kappa shape index (κ3) is 4.70. The molecule has 5 nitrogen and oxygen atoms in total. The van der Waals surface area contributed by atoms with E-state index in [1.165, 1.54) is 11.0 Å². The van der Waals surface area contributed by atoms with Crippen LogP contribution in [0.4, 0.5) is 23.7 Å². The summed E-state index contributed by atoms with van der Waals surface area (Å²) in [5.74, 6) is -0.427. The Morgan fingerprint density at radius 2 is 1.76 bits per heavy atom. The number of carbonyl (C=O) groups excluding carboxylic acids is 2. The molecule has 0 atom stereocenters. The predicted molar refractivity (Wildman–Crippen MR) is 109 cm³/mol. The quantitative estimate of drug-likeness (QED) is 0.536. The van der Waals surface area contributed by atoms with E-state index < -0.39 is 17.8 Å². The number of rotatable bonds is 3. The zero-order valence-corrected chi connectivity index (χ0v) is 17.3. The Balaban J connectivity index is 1.79. The molecule has 29 heavy (non-hydrogen) atoms. The Kier molecular flexibility index (Phi) is 5.85. The number of nitrogens with one attached hydrogen (secondary N) is 1. The highest BCUT2D eigenvalue weighted by Crippen LogP contribution is 2.34. The second-order valence-electron chi connectivity index (χ2n) is 6.34. The topological polar surface area (TPSA) is 62.3 Å². The van der Waals surface area contributed by atoms with E-state index in [2.05, 4.69) is 10.3 Å². The summed E-state index contributed by atoms with van der Waals surface area (Å²) in [5, 5.41) is 3.12. The molecule has 0 aliphatic heterocycles. The average Bonchev–Trinajstić information content (AvgIpc) is 2.99. The summed E-state index contributed by atoms with van der Waals surface area (Å²) in [6.45, 7) is 1.68. The molecule has 0 fully saturated rings. The number of hydrogen-bond donors (Lipinski definition) is 1. The fraction of sp³-hybridized carbons (Fsp3) is 0.211. The van der Waals surface area contributed by atoms with Crippen LogP contribution in [0.15, 0.2) is 41.3 Å². The summed E-state index contributed by atoms with van der Waals surface area (Å²) in [6, 6.07) is 8.97. The molecule has 10 heteroatoms. The van der Waals surface area contributed by atoms with Crippen molar-refractivity contribution in [2.24, 2.45) is 0 Å². The molecular weight excluding hydrogens is 423 g/mol. The van der Waals surface area contributed by atoms with E-state index in [0.29, 0.717) is 21.5 Å². The van der Waals surface area contributed by atoms with Crippen molar-refractivity contribution in [1.82, 2.24) is 9.88 Å². The lowest BCUT2D eigenvalue weighted by atomic mass is 10.1. The van der Waals surface area contributed by atoms with Gasteiger partial charge in [-0.2, -0.15) is 13.2 Å². The molecule has 0 radical (unpaired) electrons. The van der Waals surface area contributed by atoms with Gasteiger partial charge in [-0.1, -0.05) is 0 Å². The highest BCUT2D eigenvalue weighted by Gasteiger charge is 2.33. The monoisotopic (exact) mass is 439 g/mol. The van der Waals surface area contributed by atoms with E-state index in [1.807, 2.05) is 0 Å². The third-order valence-corrected chi connectivity index (χ3v) is 6.23. The van der Waals surface area contributed by atoms with E-state index in [-0.39, 0.29) is 10.1 Å². The van der Waals surface area contributed by atoms with Crippen LogP contribution in [0.2, 0.25) is 0 Å². The predicted octanol–water partition coefficient (Wildman–Crippen LogP) is 5.65. The van der Waals surface area contributed by atoms with Crippen LogP contribution in [-0.2, 0) is 6.18 Å². The van der Waals surface area contributed by atoms with Gasteiger partial charge in [0.2, 0.25) is 0 Å². The SMILES string of the molecule is Cc1c(C(=O)Nc2ccc(SC(=O)N(C)C)cc2)sc2nc(C(F)(F)F)ccc12. The number of pyridine rings is 1. The first-order chi connectivity index (χ1) is 13.6. The van der Waals surface area contributed by atoms with Gasteiger partial charge in [-0.05, 0) is 60.6 Å². The lowest BCUT2D eigenvalue weighted by Crippen LogP contribution is -2.16. The molecule has 3 rings (SSSR count). The van der Waals surface area contributed by atoms with E-state index in [4.69, 9.17) is 0 Å². The number of halogens is 3. The highest BCUT2D eigenvalue weighted by atomic mass is 32.2. The minimum atomic E-state index is -4.54. The van der Waals surface area contributed by atoms with Crippen LogP contribution in [0.1, 0.15) is 20.9 Å². The van der Waals surface area contributed by atoms with Gasteiger partial charge in [-0.15, -0.1) is 11.3 Å². The molecule has 152 valence electrons. The van der Waals surface area contributed by atoms with Crippen molar-refractivity contribution in [1.29, 1.82) is 0 Å². The van der Waals surface area contributed by atoms with Crippen LogP contribution in [-0.4, -0.2) is 35.1 Å². The number of thiophene rings is 1. The van der Waals surface area contributed by atoms with Crippen molar-refractivity contribution in [2.45, 2.75) is 18.0 Å². The van der Waals surface area contributed by atoms with Crippen LogP contribution >= 0.6 is 23.1 Å².